The van der Waals surface area contributed by atoms with Crippen LogP contribution in [0.2, 0.25) is 0 Å². The van der Waals surface area contributed by atoms with Crippen molar-refractivity contribution >= 4 is 17.3 Å². The standard InChI is InChI=1S/C9H8N6O2/c1-2-17-9(16)6-4-15-7(8(11)12-6)5(3-10)13-14-15/h4H,2H2,1H3,(H2,11,12). The van der Waals surface area contributed by atoms with E-state index in [2.05, 4.69) is 15.3 Å². The molecule has 8 nitrogen and oxygen atoms in total. The van der Waals surface area contributed by atoms with E-state index in [0.29, 0.717) is 0 Å². The van der Waals surface area contributed by atoms with Gasteiger partial charge in [0.05, 0.1) is 12.8 Å². The zero-order valence-corrected chi connectivity index (χ0v) is 8.91. The van der Waals surface area contributed by atoms with E-state index >= 15 is 0 Å². The van der Waals surface area contributed by atoms with Crippen LogP contribution < -0.4 is 5.73 Å². The molecular weight excluding hydrogens is 224 g/mol. The van der Waals surface area contributed by atoms with E-state index in [1.54, 1.807) is 6.92 Å². The summed E-state index contributed by atoms with van der Waals surface area (Å²) in [6.07, 6.45) is 1.32. The smallest absolute Gasteiger partial charge is 0.358 e. The molecular formula is C9H8N6O2. The van der Waals surface area contributed by atoms with Gasteiger partial charge in [0.25, 0.3) is 0 Å². The number of nitrogens with two attached hydrogens (primary N) is 1. The Morgan fingerprint density at radius 1 is 1.71 bits per heavy atom. The van der Waals surface area contributed by atoms with Crippen molar-refractivity contribution in [3.8, 4) is 6.07 Å². The largest absolute Gasteiger partial charge is 0.461 e. The van der Waals surface area contributed by atoms with Gasteiger partial charge in [0.1, 0.15) is 11.6 Å². The highest BCUT2D eigenvalue weighted by atomic mass is 16.5. The summed E-state index contributed by atoms with van der Waals surface area (Å²) < 4.78 is 6.01. The molecule has 2 rings (SSSR count). The third-order valence-electron chi connectivity index (χ3n) is 2.01. The second kappa shape index (κ2) is 4.05. The van der Waals surface area contributed by atoms with Crippen molar-refractivity contribution in [2.75, 3.05) is 12.3 Å². The Kier molecular flexibility index (Phi) is 2.58. The Bertz CT molecular complexity index is 626. The zero-order valence-electron chi connectivity index (χ0n) is 8.91. The molecule has 0 radical (unpaired) electrons. The lowest BCUT2D eigenvalue weighted by molar-refractivity contribution is 0.0519. The monoisotopic (exact) mass is 232 g/mol. The van der Waals surface area contributed by atoms with Crippen LogP contribution in [0.5, 0.6) is 0 Å². The molecule has 86 valence electrons. The molecule has 0 atom stereocenters. The van der Waals surface area contributed by atoms with Crippen molar-refractivity contribution in [3.63, 3.8) is 0 Å². The number of anilines is 1. The molecule has 0 saturated heterocycles. The molecule has 0 unspecified atom stereocenters. The van der Waals surface area contributed by atoms with Crippen LogP contribution in [0.15, 0.2) is 6.20 Å². The number of hydrogen-bond donors (Lipinski definition) is 1. The number of nitrogen functional groups attached to an aromatic ring is 1. The van der Waals surface area contributed by atoms with Gasteiger partial charge in [-0.1, -0.05) is 5.21 Å². The number of carbonyl (C=O) groups excluding carboxylic acids is 1. The number of ether oxygens (including phenoxy) is 1. The lowest BCUT2D eigenvalue weighted by Gasteiger charge is -2.02. The van der Waals surface area contributed by atoms with E-state index < -0.39 is 5.97 Å². The summed E-state index contributed by atoms with van der Waals surface area (Å²) in [6.45, 7) is 1.92. The number of carbonyl (C=O) groups is 1. The van der Waals surface area contributed by atoms with Crippen LogP contribution in [-0.4, -0.2) is 32.4 Å². The minimum atomic E-state index is -0.602. The quantitative estimate of drug-likeness (QED) is 0.709. The number of fused-ring (bicyclic) bond motifs is 1. The van der Waals surface area contributed by atoms with Gasteiger partial charge in [0, 0.05) is 0 Å². The Labute approximate surface area is 95.6 Å². The van der Waals surface area contributed by atoms with E-state index in [4.69, 9.17) is 15.7 Å². The van der Waals surface area contributed by atoms with E-state index in [1.165, 1.54) is 10.7 Å². The number of nitriles is 1. The van der Waals surface area contributed by atoms with Crippen LogP contribution in [-0.2, 0) is 4.74 Å². The Morgan fingerprint density at radius 2 is 2.47 bits per heavy atom. The molecule has 0 saturated carbocycles. The highest BCUT2D eigenvalue weighted by Gasteiger charge is 2.16. The van der Waals surface area contributed by atoms with E-state index in [1.807, 2.05) is 6.07 Å². The first-order valence-electron chi connectivity index (χ1n) is 4.76. The van der Waals surface area contributed by atoms with Crippen molar-refractivity contribution in [2.45, 2.75) is 6.92 Å². The van der Waals surface area contributed by atoms with Crippen molar-refractivity contribution in [1.82, 2.24) is 19.8 Å². The number of esters is 1. The number of rotatable bonds is 2. The Balaban J connectivity index is 2.58. The van der Waals surface area contributed by atoms with Gasteiger partial charge in [-0.3, -0.25) is 0 Å². The number of aromatic nitrogens is 4. The van der Waals surface area contributed by atoms with Crippen molar-refractivity contribution in [2.24, 2.45) is 0 Å². The van der Waals surface area contributed by atoms with Crippen LogP contribution in [0.25, 0.3) is 5.52 Å². The minimum absolute atomic E-state index is 0.0112. The van der Waals surface area contributed by atoms with E-state index in [0.717, 1.165) is 0 Å². The van der Waals surface area contributed by atoms with Crippen molar-refractivity contribution < 1.29 is 9.53 Å². The summed E-state index contributed by atoms with van der Waals surface area (Å²) in [4.78, 5) is 15.3. The zero-order chi connectivity index (χ0) is 12.4. The molecule has 0 aliphatic carbocycles. The predicted molar refractivity (Wildman–Crippen MR) is 55.9 cm³/mol. The number of hydrogen-bond acceptors (Lipinski definition) is 7. The first-order valence-corrected chi connectivity index (χ1v) is 4.76. The first-order chi connectivity index (χ1) is 8.17. The highest BCUT2D eigenvalue weighted by Crippen LogP contribution is 2.14. The Morgan fingerprint density at radius 3 is 3.12 bits per heavy atom. The lowest BCUT2D eigenvalue weighted by atomic mass is 10.3. The maximum absolute atomic E-state index is 11.5. The second-order valence-corrected chi connectivity index (χ2v) is 3.07. The average molecular weight is 232 g/mol. The molecule has 8 heteroatoms. The molecule has 2 heterocycles. The van der Waals surface area contributed by atoms with Crippen LogP contribution in [0.3, 0.4) is 0 Å². The fourth-order valence-corrected chi connectivity index (χ4v) is 1.33. The predicted octanol–water partition coefficient (Wildman–Crippen LogP) is -0.245. The summed E-state index contributed by atoms with van der Waals surface area (Å²) in [6, 6.07) is 1.83. The third-order valence-corrected chi connectivity index (χ3v) is 2.01. The van der Waals surface area contributed by atoms with Gasteiger partial charge in [-0.15, -0.1) is 5.10 Å². The van der Waals surface area contributed by atoms with Crippen LogP contribution in [0, 0.1) is 11.3 Å². The summed E-state index contributed by atoms with van der Waals surface area (Å²) >= 11 is 0. The maximum atomic E-state index is 11.5. The van der Waals surface area contributed by atoms with E-state index in [-0.39, 0.29) is 29.3 Å². The Hall–Kier alpha value is -2.69. The second-order valence-electron chi connectivity index (χ2n) is 3.07. The topological polar surface area (TPSA) is 119 Å². The maximum Gasteiger partial charge on any atom is 0.358 e. The molecule has 2 N–H and O–H groups in total. The molecule has 0 spiro atoms. The van der Waals surface area contributed by atoms with Gasteiger partial charge in [0.15, 0.2) is 17.2 Å². The summed E-state index contributed by atoms with van der Waals surface area (Å²) in [5.74, 6) is -0.591. The van der Waals surface area contributed by atoms with Gasteiger partial charge < -0.3 is 10.5 Å². The SMILES string of the molecule is CCOC(=O)c1cn2nnc(C#N)c2c(N)n1. The number of nitrogens with zero attached hydrogens (tertiary/aromatic N) is 5. The summed E-state index contributed by atoms with van der Waals surface area (Å²) in [5.41, 5.74) is 6.00. The van der Waals surface area contributed by atoms with Gasteiger partial charge in [-0.2, -0.15) is 5.26 Å². The molecule has 0 aromatic carbocycles. The average Bonchev–Trinajstić information content (AvgIpc) is 2.72. The van der Waals surface area contributed by atoms with Gasteiger partial charge in [-0.05, 0) is 6.92 Å². The third kappa shape index (κ3) is 1.74. The van der Waals surface area contributed by atoms with Gasteiger partial charge >= 0.3 is 5.97 Å². The first kappa shape index (κ1) is 10.8. The molecule has 0 fully saturated rings. The van der Waals surface area contributed by atoms with Gasteiger partial charge in [0.2, 0.25) is 0 Å². The molecule has 0 bridgehead atoms. The summed E-state index contributed by atoms with van der Waals surface area (Å²) in [7, 11) is 0. The highest BCUT2D eigenvalue weighted by molar-refractivity contribution is 5.88. The van der Waals surface area contributed by atoms with Crippen LogP contribution in [0.4, 0.5) is 5.82 Å². The molecule has 0 aliphatic heterocycles. The molecule has 2 aromatic rings. The van der Waals surface area contributed by atoms with Gasteiger partial charge in [-0.25, -0.2) is 14.3 Å². The van der Waals surface area contributed by atoms with Crippen molar-refractivity contribution in [3.05, 3.63) is 17.6 Å². The van der Waals surface area contributed by atoms with E-state index in [9.17, 15) is 4.79 Å². The normalized spacial score (nSPS) is 10.1. The minimum Gasteiger partial charge on any atom is -0.461 e. The van der Waals surface area contributed by atoms with Crippen molar-refractivity contribution in [1.29, 1.82) is 5.26 Å². The molecule has 0 aliphatic rings. The molecule has 2 aromatic heterocycles. The fraction of sp³-hybridized carbons (Fsp3) is 0.222. The lowest BCUT2D eigenvalue weighted by Crippen LogP contribution is -2.11. The molecule has 17 heavy (non-hydrogen) atoms. The molecule has 0 amide bonds. The fourth-order valence-electron chi connectivity index (χ4n) is 1.33. The van der Waals surface area contributed by atoms with Crippen LogP contribution in [0.1, 0.15) is 23.1 Å². The van der Waals surface area contributed by atoms with Crippen LogP contribution >= 0.6 is 0 Å². The summed E-state index contributed by atoms with van der Waals surface area (Å²) in [5, 5.41) is 16.0.